The van der Waals surface area contributed by atoms with Crippen LogP contribution in [-0.4, -0.2) is 16.8 Å². The summed E-state index contributed by atoms with van der Waals surface area (Å²) >= 11 is 4.20. The number of nitriles is 1. The molecule has 0 aliphatic carbocycles. The van der Waals surface area contributed by atoms with Crippen molar-refractivity contribution in [3.63, 3.8) is 0 Å². The van der Waals surface area contributed by atoms with Gasteiger partial charge in [-0.2, -0.15) is 17.9 Å². The molecule has 0 saturated heterocycles. The van der Waals surface area contributed by atoms with Crippen molar-refractivity contribution < 1.29 is 15.6 Å². The Labute approximate surface area is 147 Å². The minimum absolute atomic E-state index is 0.833. The number of thiol groups is 1. The van der Waals surface area contributed by atoms with E-state index in [2.05, 4.69) is 31.9 Å². The van der Waals surface area contributed by atoms with E-state index in [9.17, 15) is 4.79 Å². The monoisotopic (exact) mass is 343 g/mol. The van der Waals surface area contributed by atoms with Crippen molar-refractivity contribution in [2.75, 3.05) is 5.75 Å². The van der Waals surface area contributed by atoms with E-state index in [1.54, 1.807) is 6.07 Å². The van der Waals surface area contributed by atoms with Crippen LogP contribution in [0.4, 0.5) is 0 Å². The third kappa shape index (κ3) is 44.9. The molecule has 0 heterocycles. The van der Waals surface area contributed by atoms with Crippen molar-refractivity contribution in [3.8, 4) is 6.07 Å². The second-order valence-electron chi connectivity index (χ2n) is 4.98. The summed E-state index contributed by atoms with van der Waals surface area (Å²) in [5.74, 6) is 0.0845. The number of carboxylic acids is 1. The molecular weight excluding hydrogens is 308 g/mol. The summed E-state index contributed by atoms with van der Waals surface area (Å²) in [4.78, 5) is 9.25. The average Bonchev–Trinajstić information content (AvgIpc) is 2.55. The average molecular weight is 344 g/mol. The summed E-state index contributed by atoms with van der Waals surface area (Å²) in [6.07, 6.45) is 17.8. The standard InChI is InChI=1S/C12H26S.C3H4N2.C3H4O2/c1-2-3-4-5-6-7-8-9-10-11-12-13;4-2-1-3-5;1-2-3(4)5/h13H,2-12H2,1H3;1-2H,4H2;2H,1H2,(H,4,5)/p+1/b;2-1+;. The summed E-state index contributed by atoms with van der Waals surface area (Å²) in [6.45, 7) is 5.24. The maximum absolute atomic E-state index is 9.25. The van der Waals surface area contributed by atoms with Crippen LogP contribution >= 0.6 is 12.6 Å². The Morgan fingerprint density at radius 1 is 1.13 bits per heavy atom. The van der Waals surface area contributed by atoms with Crippen LogP contribution < -0.4 is 5.73 Å². The van der Waals surface area contributed by atoms with Gasteiger partial charge in [-0.3, -0.25) is 0 Å². The Morgan fingerprint density at radius 3 is 1.74 bits per heavy atom. The minimum atomic E-state index is -0.981. The molecule has 0 aliphatic rings. The number of carbonyl (C=O) groups is 1. The number of allylic oxidation sites excluding steroid dienone is 1. The van der Waals surface area contributed by atoms with Crippen molar-refractivity contribution in [1.82, 2.24) is 0 Å². The van der Waals surface area contributed by atoms with Crippen LogP contribution in [-0.2, 0) is 4.79 Å². The first kappa shape index (κ1) is 26.6. The van der Waals surface area contributed by atoms with Crippen LogP contribution in [0.3, 0.4) is 0 Å². The topological polar surface area (TPSA) is 88.7 Å². The fourth-order valence-corrected chi connectivity index (χ4v) is 1.88. The maximum atomic E-state index is 9.25. The number of unbranched alkanes of at least 4 members (excludes halogenated alkanes) is 9. The highest BCUT2D eigenvalue weighted by molar-refractivity contribution is 7.80. The van der Waals surface area contributed by atoms with Crippen LogP contribution in [0.2, 0.25) is 0 Å². The van der Waals surface area contributed by atoms with Crippen molar-refractivity contribution in [2.45, 2.75) is 71.1 Å². The van der Waals surface area contributed by atoms with Gasteiger partial charge in [0.2, 0.25) is 0 Å². The maximum Gasteiger partial charge on any atom is 0.327 e. The minimum Gasteiger partial charge on any atom is -0.478 e. The molecular formula is C18H35N2O2S+. The Bertz CT molecular complexity index is 303. The van der Waals surface area contributed by atoms with Gasteiger partial charge < -0.3 is 10.8 Å². The highest BCUT2D eigenvalue weighted by Crippen LogP contribution is 2.10. The summed E-state index contributed by atoms with van der Waals surface area (Å²) in [6, 6.07) is 1.77. The van der Waals surface area contributed by atoms with Gasteiger partial charge in [-0.25, -0.2) is 4.79 Å². The zero-order chi connectivity index (χ0) is 18.2. The zero-order valence-electron chi connectivity index (χ0n) is 14.7. The smallest absolute Gasteiger partial charge is 0.327 e. The zero-order valence-corrected chi connectivity index (χ0v) is 15.6. The molecule has 0 spiro atoms. The molecule has 0 aromatic carbocycles. The van der Waals surface area contributed by atoms with Crippen molar-refractivity contribution in [2.24, 2.45) is 0 Å². The lowest BCUT2D eigenvalue weighted by atomic mass is 10.1. The molecule has 0 unspecified atom stereocenters. The number of hydrogen-bond acceptors (Lipinski definition) is 3. The molecule has 0 saturated carbocycles. The SMILES string of the molecule is C=CC(=O)O.CCCCCCCCCCCCS.N#C/C=C/[NH3+]. The van der Waals surface area contributed by atoms with Crippen LogP contribution in [0.25, 0.3) is 0 Å². The first-order chi connectivity index (χ1) is 11.1. The van der Waals surface area contributed by atoms with Gasteiger partial charge in [0.1, 0.15) is 6.20 Å². The van der Waals surface area contributed by atoms with Gasteiger partial charge in [-0.15, -0.1) is 0 Å². The molecule has 4 nitrogen and oxygen atoms in total. The third-order valence-corrected chi connectivity index (χ3v) is 3.19. The van der Waals surface area contributed by atoms with Gasteiger partial charge >= 0.3 is 5.97 Å². The highest BCUT2D eigenvalue weighted by atomic mass is 32.1. The second kappa shape index (κ2) is 28.8. The first-order valence-corrected chi connectivity index (χ1v) is 9.03. The van der Waals surface area contributed by atoms with E-state index in [0.717, 1.165) is 11.8 Å². The van der Waals surface area contributed by atoms with E-state index in [4.69, 9.17) is 10.4 Å². The van der Waals surface area contributed by atoms with Crippen molar-refractivity contribution >= 4 is 18.6 Å². The number of rotatable bonds is 11. The van der Waals surface area contributed by atoms with Crippen LogP contribution in [0.5, 0.6) is 0 Å². The summed E-state index contributed by atoms with van der Waals surface area (Å²) in [5.41, 5.74) is 3.27. The molecule has 0 aliphatic heterocycles. The quantitative estimate of drug-likeness (QED) is 0.225. The Morgan fingerprint density at radius 2 is 1.52 bits per heavy atom. The van der Waals surface area contributed by atoms with Gasteiger partial charge in [-0.1, -0.05) is 71.3 Å². The lowest BCUT2D eigenvalue weighted by Crippen LogP contribution is -2.38. The van der Waals surface area contributed by atoms with E-state index in [1.807, 2.05) is 0 Å². The number of quaternary nitrogens is 1. The number of nitrogens with zero attached hydrogens (tertiary/aromatic N) is 1. The Kier molecular flexibility index (Phi) is 33.4. The molecule has 5 heteroatoms. The van der Waals surface area contributed by atoms with Crippen molar-refractivity contribution in [3.05, 3.63) is 24.9 Å². The Balaban J connectivity index is -0.000000329. The predicted octanol–water partition coefficient (Wildman–Crippen LogP) is 4.36. The Hall–Kier alpha value is -1.25. The van der Waals surface area contributed by atoms with Gasteiger partial charge in [0.05, 0.1) is 12.1 Å². The third-order valence-electron chi connectivity index (χ3n) is 2.88. The summed E-state index contributed by atoms with van der Waals surface area (Å²) < 4.78 is 0. The van der Waals surface area contributed by atoms with Gasteiger partial charge in [0.15, 0.2) is 0 Å². The van der Waals surface area contributed by atoms with Gasteiger partial charge in [0, 0.05) is 6.08 Å². The molecule has 134 valence electrons. The van der Waals surface area contributed by atoms with Crippen LogP contribution in [0.15, 0.2) is 24.9 Å². The number of carboxylic acid groups (broad SMARTS) is 1. The number of aliphatic carboxylic acids is 1. The lowest BCUT2D eigenvalue weighted by molar-refractivity contribution is -0.274. The van der Waals surface area contributed by atoms with E-state index in [1.165, 1.54) is 76.5 Å². The van der Waals surface area contributed by atoms with E-state index < -0.39 is 5.97 Å². The normalized spacial score (nSPS) is 9.13. The van der Waals surface area contributed by atoms with Gasteiger partial charge in [0.25, 0.3) is 0 Å². The molecule has 23 heavy (non-hydrogen) atoms. The van der Waals surface area contributed by atoms with Crippen LogP contribution in [0, 0.1) is 11.3 Å². The predicted molar refractivity (Wildman–Crippen MR) is 101 cm³/mol. The summed E-state index contributed by atoms with van der Waals surface area (Å²) in [5, 5.41) is 15.3. The fourth-order valence-electron chi connectivity index (χ4n) is 1.65. The number of hydrogen-bond donors (Lipinski definition) is 3. The molecule has 4 N–H and O–H groups in total. The molecule has 0 aromatic heterocycles. The molecule has 0 fully saturated rings. The highest BCUT2D eigenvalue weighted by Gasteiger charge is 1.91. The summed E-state index contributed by atoms with van der Waals surface area (Å²) in [7, 11) is 0. The molecule has 0 rings (SSSR count). The lowest BCUT2D eigenvalue weighted by Gasteiger charge is -2.00. The van der Waals surface area contributed by atoms with Crippen LogP contribution in [0.1, 0.15) is 71.1 Å². The molecule has 0 aromatic rings. The van der Waals surface area contributed by atoms with E-state index in [0.29, 0.717) is 0 Å². The van der Waals surface area contributed by atoms with E-state index in [-0.39, 0.29) is 0 Å². The van der Waals surface area contributed by atoms with Crippen molar-refractivity contribution in [1.29, 1.82) is 5.26 Å². The molecule has 0 bridgehead atoms. The molecule has 0 atom stereocenters. The first-order valence-electron chi connectivity index (χ1n) is 8.40. The second-order valence-corrected chi connectivity index (χ2v) is 5.43. The molecule has 0 amide bonds. The van der Waals surface area contributed by atoms with E-state index >= 15 is 0 Å². The molecule has 0 radical (unpaired) electrons. The fraction of sp³-hybridized carbons (Fsp3) is 0.667. The van der Waals surface area contributed by atoms with Gasteiger partial charge in [-0.05, 0) is 12.2 Å². The largest absolute Gasteiger partial charge is 0.478 e.